The van der Waals surface area contributed by atoms with E-state index in [9.17, 15) is 8.42 Å². The van der Waals surface area contributed by atoms with Crippen molar-refractivity contribution in [1.29, 1.82) is 5.26 Å². The summed E-state index contributed by atoms with van der Waals surface area (Å²) >= 11 is 0. The topological polar surface area (TPSA) is 70.8 Å². The fourth-order valence-corrected chi connectivity index (χ4v) is 4.68. The predicted octanol–water partition coefficient (Wildman–Crippen LogP) is 4.40. The average molecular weight is 376 g/mol. The molecule has 0 atom stereocenters. The van der Waals surface area contributed by atoms with E-state index in [1.165, 1.54) is 19.1 Å². The van der Waals surface area contributed by atoms with Crippen molar-refractivity contribution in [3.05, 3.63) is 71.6 Å². The quantitative estimate of drug-likeness (QED) is 0.796. The molecule has 2 aliphatic carbocycles. The Morgan fingerprint density at radius 2 is 1.67 bits per heavy atom. The molecule has 2 aliphatic rings. The summed E-state index contributed by atoms with van der Waals surface area (Å²) in [6.45, 7) is 0. The first-order valence-electron chi connectivity index (χ1n) is 9.03. The summed E-state index contributed by atoms with van der Waals surface area (Å²) in [5, 5.41) is 9.02. The molecule has 0 unspecified atom stereocenters. The number of pyridine rings is 1. The first kappa shape index (κ1) is 17.7. The Kier molecular flexibility index (Phi) is 4.24. The number of allylic oxidation sites excluding steroid dienone is 4. The first-order valence-corrected chi connectivity index (χ1v) is 10.9. The number of nitriles is 1. The van der Waals surface area contributed by atoms with Crippen molar-refractivity contribution in [3.63, 3.8) is 0 Å². The van der Waals surface area contributed by atoms with Gasteiger partial charge in [0.2, 0.25) is 0 Å². The molecule has 4 rings (SSSR count). The molecule has 4 nitrogen and oxygen atoms in total. The van der Waals surface area contributed by atoms with Crippen LogP contribution in [0.25, 0.3) is 11.1 Å². The molecule has 0 bridgehead atoms. The lowest BCUT2D eigenvalue weighted by Crippen LogP contribution is -2.05. The van der Waals surface area contributed by atoms with Gasteiger partial charge in [-0.25, -0.2) is 8.42 Å². The van der Waals surface area contributed by atoms with Crippen LogP contribution in [-0.4, -0.2) is 19.7 Å². The molecule has 0 aliphatic heterocycles. The van der Waals surface area contributed by atoms with Crippen molar-refractivity contribution in [2.24, 2.45) is 5.41 Å². The highest BCUT2D eigenvalue weighted by molar-refractivity contribution is 7.90. The van der Waals surface area contributed by atoms with Crippen molar-refractivity contribution in [3.8, 4) is 6.07 Å². The van der Waals surface area contributed by atoms with E-state index in [1.54, 1.807) is 24.4 Å². The normalized spacial score (nSPS) is 18.2. The molecule has 0 N–H and O–H groups in total. The Labute approximate surface area is 159 Å². The van der Waals surface area contributed by atoms with Crippen LogP contribution < -0.4 is 0 Å². The highest BCUT2D eigenvalue weighted by atomic mass is 32.2. The fourth-order valence-electron chi connectivity index (χ4n) is 4.05. The lowest BCUT2D eigenvalue weighted by atomic mass is 9.88. The SMILES string of the molecule is CS(=O)(=O)c1ccc(C2=CC3(C=C2c2ccc(C#N)cn2)CCCC3)cc1. The van der Waals surface area contributed by atoms with Gasteiger partial charge in [0.05, 0.1) is 16.2 Å². The minimum Gasteiger partial charge on any atom is -0.255 e. The van der Waals surface area contributed by atoms with Gasteiger partial charge in [0.1, 0.15) is 6.07 Å². The highest BCUT2D eigenvalue weighted by Crippen LogP contribution is 2.51. The standard InChI is InChI=1S/C22H20N2O2S/c1-27(25,26)18-7-5-17(6-8-18)19-12-22(10-2-3-11-22)13-20(19)21-9-4-16(14-23)15-24-21/h4-9,12-13,15H,2-3,10-11H2,1H3. The van der Waals surface area contributed by atoms with Gasteiger partial charge in [-0.15, -0.1) is 0 Å². The van der Waals surface area contributed by atoms with Crippen LogP contribution in [0.1, 0.15) is 42.5 Å². The van der Waals surface area contributed by atoms with E-state index in [1.807, 2.05) is 18.2 Å². The highest BCUT2D eigenvalue weighted by Gasteiger charge is 2.36. The first-order chi connectivity index (χ1) is 12.9. The third-order valence-electron chi connectivity index (χ3n) is 5.45. The second-order valence-corrected chi connectivity index (χ2v) is 9.41. The number of aromatic nitrogens is 1. The van der Waals surface area contributed by atoms with E-state index in [0.29, 0.717) is 10.5 Å². The van der Waals surface area contributed by atoms with Crippen LogP contribution in [0.4, 0.5) is 0 Å². The monoisotopic (exact) mass is 376 g/mol. The lowest BCUT2D eigenvalue weighted by molar-refractivity contribution is 0.523. The largest absolute Gasteiger partial charge is 0.255 e. The zero-order chi connectivity index (χ0) is 19.1. The number of hydrogen-bond acceptors (Lipinski definition) is 4. The number of benzene rings is 1. The predicted molar refractivity (Wildman–Crippen MR) is 105 cm³/mol. The molecule has 27 heavy (non-hydrogen) atoms. The van der Waals surface area contributed by atoms with Crippen molar-refractivity contribution >= 4 is 21.0 Å². The average Bonchev–Trinajstić information content (AvgIpc) is 3.28. The number of sulfone groups is 1. The minimum atomic E-state index is -3.22. The molecular formula is C22H20N2O2S. The van der Waals surface area contributed by atoms with E-state index in [4.69, 9.17) is 5.26 Å². The van der Waals surface area contributed by atoms with Crippen LogP contribution >= 0.6 is 0 Å². The number of nitrogens with zero attached hydrogens (tertiary/aromatic N) is 2. The second-order valence-electron chi connectivity index (χ2n) is 7.40. The van der Waals surface area contributed by atoms with Crippen LogP contribution in [-0.2, 0) is 9.84 Å². The van der Waals surface area contributed by atoms with Gasteiger partial charge in [-0.3, -0.25) is 4.98 Å². The summed E-state index contributed by atoms with van der Waals surface area (Å²) in [4.78, 5) is 4.81. The van der Waals surface area contributed by atoms with Crippen LogP contribution in [0.5, 0.6) is 0 Å². The Morgan fingerprint density at radius 3 is 2.22 bits per heavy atom. The van der Waals surface area contributed by atoms with Gasteiger partial charge in [-0.05, 0) is 48.2 Å². The van der Waals surface area contributed by atoms with Gasteiger partial charge in [0.15, 0.2) is 9.84 Å². The van der Waals surface area contributed by atoms with E-state index in [2.05, 4.69) is 23.2 Å². The van der Waals surface area contributed by atoms with E-state index >= 15 is 0 Å². The van der Waals surface area contributed by atoms with Crippen LogP contribution in [0.2, 0.25) is 0 Å². The van der Waals surface area contributed by atoms with Crippen molar-refractivity contribution in [2.75, 3.05) is 6.26 Å². The van der Waals surface area contributed by atoms with Crippen LogP contribution in [0, 0.1) is 16.7 Å². The fraction of sp³-hybridized carbons (Fsp3) is 0.273. The van der Waals surface area contributed by atoms with E-state index < -0.39 is 9.84 Å². The Morgan fingerprint density at radius 1 is 1.00 bits per heavy atom. The summed E-state index contributed by atoms with van der Waals surface area (Å²) in [6, 6.07) is 12.8. The van der Waals surface area contributed by atoms with Gasteiger partial charge >= 0.3 is 0 Å². The zero-order valence-electron chi connectivity index (χ0n) is 15.1. The van der Waals surface area contributed by atoms with Gasteiger partial charge in [0, 0.05) is 23.4 Å². The molecule has 136 valence electrons. The Hall–Kier alpha value is -2.71. The minimum absolute atomic E-state index is 0.0652. The smallest absolute Gasteiger partial charge is 0.175 e. The van der Waals surface area contributed by atoms with Crippen molar-refractivity contribution in [1.82, 2.24) is 4.98 Å². The van der Waals surface area contributed by atoms with Gasteiger partial charge in [0.25, 0.3) is 0 Å². The zero-order valence-corrected chi connectivity index (χ0v) is 16.0. The molecule has 0 saturated heterocycles. The maximum absolute atomic E-state index is 11.8. The number of hydrogen-bond donors (Lipinski definition) is 0. The van der Waals surface area contributed by atoms with Crippen molar-refractivity contribution < 1.29 is 8.42 Å². The third-order valence-corrected chi connectivity index (χ3v) is 6.58. The molecule has 1 saturated carbocycles. The molecular weight excluding hydrogens is 356 g/mol. The lowest BCUT2D eigenvalue weighted by Gasteiger charge is -2.16. The molecule has 1 heterocycles. The maximum Gasteiger partial charge on any atom is 0.175 e. The summed E-state index contributed by atoms with van der Waals surface area (Å²) in [5.74, 6) is 0. The van der Waals surface area contributed by atoms with Crippen LogP contribution in [0.3, 0.4) is 0 Å². The molecule has 0 radical (unpaired) electrons. The van der Waals surface area contributed by atoms with E-state index in [-0.39, 0.29) is 5.41 Å². The molecule has 2 aromatic rings. The van der Waals surface area contributed by atoms with Crippen LogP contribution in [0.15, 0.2) is 59.6 Å². The van der Waals surface area contributed by atoms with E-state index in [0.717, 1.165) is 35.2 Å². The Bertz CT molecular complexity index is 1080. The van der Waals surface area contributed by atoms with Gasteiger partial charge < -0.3 is 0 Å². The van der Waals surface area contributed by atoms with Crippen molar-refractivity contribution in [2.45, 2.75) is 30.6 Å². The molecule has 1 fully saturated rings. The summed E-state index contributed by atoms with van der Waals surface area (Å²) in [7, 11) is -3.22. The maximum atomic E-state index is 11.8. The van der Waals surface area contributed by atoms with Gasteiger partial charge in [-0.1, -0.05) is 37.1 Å². The molecule has 5 heteroatoms. The number of rotatable bonds is 3. The Balaban J connectivity index is 1.78. The molecule has 1 spiro atoms. The summed E-state index contributed by atoms with van der Waals surface area (Å²) in [6.07, 6.45) is 12.1. The molecule has 1 aromatic heterocycles. The summed E-state index contributed by atoms with van der Waals surface area (Å²) in [5.41, 5.74) is 4.59. The summed E-state index contributed by atoms with van der Waals surface area (Å²) < 4.78 is 23.5. The molecule has 1 aromatic carbocycles. The third kappa shape index (κ3) is 3.33. The molecule has 0 amide bonds. The van der Waals surface area contributed by atoms with Gasteiger partial charge in [-0.2, -0.15) is 5.26 Å². The second kappa shape index (κ2) is 6.47.